The van der Waals surface area contributed by atoms with E-state index < -0.39 is 5.91 Å². The highest BCUT2D eigenvalue weighted by Crippen LogP contribution is 2.18. The van der Waals surface area contributed by atoms with Crippen molar-refractivity contribution in [1.82, 2.24) is 9.80 Å². The Bertz CT molecular complexity index is 231. The van der Waals surface area contributed by atoms with Crippen LogP contribution in [0.25, 0.3) is 0 Å². The van der Waals surface area contributed by atoms with Gasteiger partial charge >= 0.3 is 0 Å². The lowest BCUT2D eigenvalue weighted by Gasteiger charge is -2.30. The maximum Gasteiger partial charge on any atom is 0.286 e. The molecule has 0 saturated carbocycles. The summed E-state index contributed by atoms with van der Waals surface area (Å²) in [7, 11) is 3.82. The van der Waals surface area contributed by atoms with Gasteiger partial charge in [-0.1, -0.05) is 0 Å². The minimum atomic E-state index is -0.417. The minimum absolute atomic E-state index is 0.382. The van der Waals surface area contributed by atoms with E-state index in [1.165, 1.54) is 24.3 Å². The number of likely N-dealkylation sites (tertiary alicyclic amines) is 1. The summed E-state index contributed by atoms with van der Waals surface area (Å²) in [5, 5.41) is 0. The van der Waals surface area contributed by atoms with Crippen molar-refractivity contribution in [3.8, 4) is 0 Å². The van der Waals surface area contributed by atoms with Gasteiger partial charge in [-0.05, 0) is 38.8 Å². The van der Waals surface area contributed by atoms with E-state index in [0.717, 1.165) is 13.0 Å². The lowest BCUT2D eigenvalue weighted by molar-refractivity contribution is -0.137. The van der Waals surface area contributed by atoms with Gasteiger partial charge in [-0.2, -0.15) is 0 Å². The molecule has 0 N–H and O–H groups in total. The zero-order valence-electron chi connectivity index (χ0n) is 9.61. The number of aldehydes is 1. The van der Waals surface area contributed by atoms with Crippen molar-refractivity contribution < 1.29 is 9.59 Å². The summed E-state index contributed by atoms with van der Waals surface area (Å²) in [6.45, 7) is 2.98. The lowest BCUT2D eigenvalue weighted by atomic mass is 9.95. The fraction of sp³-hybridized carbons (Fsp3) is 0.818. The summed E-state index contributed by atoms with van der Waals surface area (Å²) < 4.78 is 0. The first kappa shape index (κ1) is 12.2. The van der Waals surface area contributed by atoms with E-state index in [2.05, 4.69) is 11.9 Å². The van der Waals surface area contributed by atoms with Crippen LogP contribution in [0.1, 0.15) is 19.3 Å². The summed E-state index contributed by atoms with van der Waals surface area (Å²) in [5.74, 6) is 0.254. The molecule has 0 aromatic rings. The molecule has 0 aliphatic carbocycles. The van der Waals surface area contributed by atoms with Crippen LogP contribution >= 0.6 is 0 Å². The van der Waals surface area contributed by atoms with Crippen molar-refractivity contribution in [2.75, 3.05) is 33.7 Å². The standard InChI is InChI=1S/C11H20N2O2/c1-12-6-3-4-10(8-12)5-7-13(2)11(15)9-14/h9-10H,3-8H2,1-2H3. The number of hydrogen-bond acceptors (Lipinski definition) is 3. The first-order valence-electron chi connectivity index (χ1n) is 5.52. The van der Waals surface area contributed by atoms with E-state index in [1.54, 1.807) is 7.05 Å². The van der Waals surface area contributed by atoms with Crippen molar-refractivity contribution in [2.45, 2.75) is 19.3 Å². The van der Waals surface area contributed by atoms with Crippen LogP contribution in [0.2, 0.25) is 0 Å². The molecular weight excluding hydrogens is 192 g/mol. The minimum Gasteiger partial charge on any atom is -0.339 e. The highest BCUT2D eigenvalue weighted by atomic mass is 16.2. The van der Waals surface area contributed by atoms with E-state index >= 15 is 0 Å². The number of rotatable bonds is 4. The molecule has 1 rings (SSSR count). The van der Waals surface area contributed by atoms with Gasteiger partial charge in [-0.3, -0.25) is 9.59 Å². The number of amides is 1. The van der Waals surface area contributed by atoms with E-state index in [1.807, 2.05) is 0 Å². The zero-order chi connectivity index (χ0) is 11.3. The third-order valence-corrected chi connectivity index (χ3v) is 3.07. The molecule has 4 nitrogen and oxygen atoms in total. The molecule has 0 bridgehead atoms. The van der Waals surface area contributed by atoms with Crippen LogP contribution in [0.5, 0.6) is 0 Å². The second-order valence-corrected chi connectivity index (χ2v) is 4.44. The highest BCUT2D eigenvalue weighted by molar-refractivity contribution is 6.23. The number of carbonyl (C=O) groups excluding carboxylic acids is 2. The van der Waals surface area contributed by atoms with Crippen LogP contribution in [-0.2, 0) is 9.59 Å². The Labute approximate surface area is 91.2 Å². The molecule has 1 atom stereocenters. The van der Waals surface area contributed by atoms with Crippen molar-refractivity contribution in [3.05, 3.63) is 0 Å². The molecule has 1 amide bonds. The molecule has 0 aromatic carbocycles. The van der Waals surface area contributed by atoms with E-state index in [0.29, 0.717) is 18.7 Å². The predicted octanol–water partition coefficient (Wildman–Crippen LogP) is 0.376. The van der Waals surface area contributed by atoms with Crippen LogP contribution in [0.4, 0.5) is 0 Å². The number of likely N-dealkylation sites (N-methyl/N-ethyl adjacent to an activating group) is 1. The quantitative estimate of drug-likeness (QED) is 0.499. The Morgan fingerprint density at radius 3 is 2.93 bits per heavy atom. The van der Waals surface area contributed by atoms with Crippen LogP contribution in [-0.4, -0.2) is 55.7 Å². The third-order valence-electron chi connectivity index (χ3n) is 3.07. The molecule has 1 aliphatic heterocycles. The molecule has 0 spiro atoms. The van der Waals surface area contributed by atoms with Gasteiger partial charge in [0, 0.05) is 20.1 Å². The normalized spacial score (nSPS) is 22.4. The Morgan fingerprint density at radius 1 is 1.60 bits per heavy atom. The van der Waals surface area contributed by atoms with Gasteiger partial charge in [0.15, 0.2) is 0 Å². The van der Waals surface area contributed by atoms with Gasteiger partial charge in [0.1, 0.15) is 0 Å². The van der Waals surface area contributed by atoms with Gasteiger partial charge < -0.3 is 9.80 Å². The molecule has 1 heterocycles. The first-order valence-corrected chi connectivity index (χ1v) is 5.52. The molecule has 1 aliphatic rings. The number of nitrogens with zero attached hydrogens (tertiary/aromatic N) is 2. The van der Waals surface area contributed by atoms with Crippen molar-refractivity contribution in [1.29, 1.82) is 0 Å². The molecule has 1 saturated heterocycles. The van der Waals surface area contributed by atoms with Gasteiger partial charge in [0.2, 0.25) is 6.29 Å². The van der Waals surface area contributed by atoms with Crippen LogP contribution in [0, 0.1) is 5.92 Å². The summed E-state index contributed by atoms with van der Waals surface area (Å²) in [6.07, 6.45) is 3.87. The number of piperidine rings is 1. The molecule has 1 unspecified atom stereocenters. The van der Waals surface area contributed by atoms with Gasteiger partial charge in [-0.15, -0.1) is 0 Å². The molecule has 1 fully saturated rings. The SMILES string of the molecule is CN1CCCC(CCN(C)C(=O)C=O)C1. The predicted molar refractivity (Wildman–Crippen MR) is 58.5 cm³/mol. The Balaban J connectivity index is 2.24. The average molecular weight is 212 g/mol. The Kier molecular flexibility index (Phi) is 4.75. The maximum atomic E-state index is 11.0. The lowest BCUT2D eigenvalue weighted by Crippen LogP contribution is -2.35. The fourth-order valence-corrected chi connectivity index (χ4v) is 2.09. The summed E-state index contributed by atoms with van der Waals surface area (Å²) in [5.41, 5.74) is 0. The second kappa shape index (κ2) is 5.85. The van der Waals surface area contributed by atoms with E-state index in [4.69, 9.17) is 0 Å². The monoisotopic (exact) mass is 212 g/mol. The van der Waals surface area contributed by atoms with Crippen LogP contribution < -0.4 is 0 Å². The Morgan fingerprint density at radius 2 is 2.33 bits per heavy atom. The van der Waals surface area contributed by atoms with Crippen molar-refractivity contribution >= 4 is 12.2 Å². The van der Waals surface area contributed by atoms with Gasteiger partial charge in [0.25, 0.3) is 5.91 Å². The highest BCUT2D eigenvalue weighted by Gasteiger charge is 2.18. The number of carbonyl (C=O) groups is 2. The third kappa shape index (κ3) is 4.00. The average Bonchev–Trinajstić information content (AvgIpc) is 2.25. The maximum absolute atomic E-state index is 11.0. The summed E-state index contributed by atoms with van der Waals surface area (Å²) >= 11 is 0. The molecule has 86 valence electrons. The molecule has 0 radical (unpaired) electrons. The second-order valence-electron chi connectivity index (χ2n) is 4.44. The van der Waals surface area contributed by atoms with E-state index in [9.17, 15) is 9.59 Å². The molecular formula is C11H20N2O2. The van der Waals surface area contributed by atoms with Crippen molar-refractivity contribution in [2.24, 2.45) is 5.92 Å². The van der Waals surface area contributed by atoms with Crippen LogP contribution in [0.3, 0.4) is 0 Å². The fourth-order valence-electron chi connectivity index (χ4n) is 2.09. The smallest absolute Gasteiger partial charge is 0.286 e. The topological polar surface area (TPSA) is 40.6 Å². The largest absolute Gasteiger partial charge is 0.339 e. The molecule has 0 aromatic heterocycles. The summed E-state index contributed by atoms with van der Waals surface area (Å²) in [6, 6.07) is 0. The zero-order valence-corrected chi connectivity index (χ0v) is 9.61. The molecule has 4 heteroatoms. The summed E-state index contributed by atoms with van der Waals surface area (Å²) in [4.78, 5) is 25.1. The van der Waals surface area contributed by atoms with Crippen molar-refractivity contribution in [3.63, 3.8) is 0 Å². The van der Waals surface area contributed by atoms with E-state index in [-0.39, 0.29) is 0 Å². The van der Waals surface area contributed by atoms with Crippen LogP contribution in [0.15, 0.2) is 0 Å². The van der Waals surface area contributed by atoms with Gasteiger partial charge in [-0.25, -0.2) is 0 Å². The molecule has 15 heavy (non-hydrogen) atoms. The first-order chi connectivity index (χ1) is 7.13. The number of hydrogen-bond donors (Lipinski definition) is 0. The van der Waals surface area contributed by atoms with Gasteiger partial charge in [0.05, 0.1) is 0 Å². The Hall–Kier alpha value is -0.900.